The van der Waals surface area contributed by atoms with Gasteiger partial charge in [0, 0.05) is 12.6 Å². The molecular formula is C8H14N2O3S. The minimum Gasteiger partial charge on any atom is -0.337 e. The fourth-order valence-electron chi connectivity index (χ4n) is 2.11. The zero-order valence-corrected chi connectivity index (χ0v) is 8.66. The van der Waals surface area contributed by atoms with Crippen molar-refractivity contribution in [1.82, 2.24) is 4.90 Å². The minimum atomic E-state index is -2.91. The first kappa shape index (κ1) is 9.92. The van der Waals surface area contributed by atoms with Gasteiger partial charge in [0.25, 0.3) is 0 Å². The Bertz CT molecular complexity index is 352. The number of rotatable bonds is 1. The molecule has 2 atom stereocenters. The Hall–Kier alpha value is -0.620. The Balaban J connectivity index is 2.08. The molecule has 0 aliphatic carbocycles. The van der Waals surface area contributed by atoms with E-state index in [1.807, 2.05) is 0 Å². The van der Waals surface area contributed by atoms with Crippen molar-refractivity contribution in [3.8, 4) is 0 Å². The zero-order valence-electron chi connectivity index (χ0n) is 7.85. The number of hydrogen-bond donors (Lipinski definition) is 1. The van der Waals surface area contributed by atoms with Crippen LogP contribution in [0.4, 0.5) is 0 Å². The maximum atomic E-state index is 11.5. The lowest BCUT2D eigenvalue weighted by atomic mass is 10.2. The van der Waals surface area contributed by atoms with Crippen molar-refractivity contribution in [2.24, 2.45) is 5.73 Å². The van der Waals surface area contributed by atoms with E-state index in [4.69, 9.17) is 5.73 Å². The van der Waals surface area contributed by atoms with Crippen LogP contribution in [0.5, 0.6) is 0 Å². The molecule has 2 aliphatic rings. The number of nitrogens with two attached hydrogens (primary N) is 1. The van der Waals surface area contributed by atoms with Crippen LogP contribution in [0.3, 0.4) is 0 Å². The number of amides is 1. The van der Waals surface area contributed by atoms with Crippen LogP contribution in [-0.2, 0) is 14.6 Å². The average molecular weight is 218 g/mol. The molecule has 0 spiro atoms. The van der Waals surface area contributed by atoms with Crippen LogP contribution in [0, 0.1) is 0 Å². The first-order chi connectivity index (χ1) is 6.49. The maximum absolute atomic E-state index is 11.5. The van der Waals surface area contributed by atoms with Crippen LogP contribution in [0.25, 0.3) is 0 Å². The van der Waals surface area contributed by atoms with Gasteiger partial charge in [-0.25, -0.2) is 8.42 Å². The van der Waals surface area contributed by atoms with Crippen molar-refractivity contribution < 1.29 is 13.2 Å². The van der Waals surface area contributed by atoms with Gasteiger partial charge < -0.3 is 10.6 Å². The molecule has 2 N–H and O–H groups in total. The smallest absolute Gasteiger partial charge is 0.239 e. The third kappa shape index (κ3) is 1.64. The van der Waals surface area contributed by atoms with Crippen LogP contribution >= 0.6 is 0 Å². The first-order valence-electron chi connectivity index (χ1n) is 4.76. The van der Waals surface area contributed by atoms with Crippen molar-refractivity contribution in [2.75, 3.05) is 18.1 Å². The molecule has 2 fully saturated rings. The van der Waals surface area contributed by atoms with Crippen LogP contribution < -0.4 is 5.73 Å². The first-order valence-corrected chi connectivity index (χ1v) is 6.58. The second kappa shape index (κ2) is 3.20. The van der Waals surface area contributed by atoms with Gasteiger partial charge in [0.1, 0.15) is 0 Å². The molecule has 0 aromatic rings. The highest BCUT2D eigenvalue weighted by molar-refractivity contribution is 7.91. The lowest BCUT2D eigenvalue weighted by Gasteiger charge is -2.22. The molecule has 6 heteroatoms. The summed E-state index contributed by atoms with van der Waals surface area (Å²) in [5.74, 6) is 0.231. The lowest BCUT2D eigenvalue weighted by molar-refractivity contribution is -0.130. The van der Waals surface area contributed by atoms with Crippen molar-refractivity contribution in [2.45, 2.75) is 24.9 Å². The summed E-state index contributed by atoms with van der Waals surface area (Å²) in [7, 11) is -2.91. The van der Waals surface area contributed by atoms with Gasteiger partial charge in [-0.15, -0.1) is 0 Å². The van der Waals surface area contributed by atoms with Crippen molar-refractivity contribution in [3.63, 3.8) is 0 Å². The Kier molecular flexibility index (Phi) is 2.27. The highest BCUT2D eigenvalue weighted by atomic mass is 32.2. The normalized spacial score (nSPS) is 36.6. The third-order valence-electron chi connectivity index (χ3n) is 2.93. The molecule has 2 rings (SSSR count). The van der Waals surface area contributed by atoms with E-state index >= 15 is 0 Å². The van der Waals surface area contributed by atoms with Crippen LogP contribution in [-0.4, -0.2) is 49.4 Å². The highest BCUT2D eigenvalue weighted by Gasteiger charge is 2.39. The van der Waals surface area contributed by atoms with Crippen molar-refractivity contribution >= 4 is 15.7 Å². The number of hydrogen-bond acceptors (Lipinski definition) is 4. The topological polar surface area (TPSA) is 80.5 Å². The Morgan fingerprint density at radius 2 is 2.07 bits per heavy atom. The van der Waals surface area contributed by atoms with Crippen molar-refractivity contribution in [1.29, 1.82) is 0 Å². The summed E-state index contributed by atoms with van der Waals surface area (Å²) in [6.07, 6.45) is 1.22. The Morgan fingerprint density at radius 3 is 2.50 bits per heavy atom. The molecule has 5 nitrogen and oxygen atoms in total. The van der Waals surface area contributed by atoms with Crippen molar-refractivity contribution in [3.05, 3.63) is 0 Å². The fourth-order valence-corrected chi connectivity index (χ4v) is 3.84. The largest absolute Gasteiger partial charge is 0.337 e. The SMILES string of the molecule is NC1CCN(C2CCS(=O)(=O)C2)C1=O. The lowest BCUT2D eigenvalue weighted by Crippen LogP contribution is -2.41. The number of nitrogens with zero attached hydrogens (tertiary/aromatic N) is 1. The summed E-state index contributed by atoms with van der Waals surface area (Å²) in [6.45, 7) is 0.611. The van der Waals surface area contributed by atoms with Gasteiger partial charge in [-0.2, -0.15) is 0 Å². The monoisotopic (exact) mass is 218 g/mol. The van der Waals surface area contributed by atoms with Crippen LogP contribution in [0.15, 0.2) is 0 Å². The zero-order chi connectivity index (χ0) is 10.3. The van der Waals surface area contributed by atoms with Gasteiger partial charge in [0.15, 0.2) is 9.84 Å². The third-order valence-corrected chi connectivity index (χ3v) is 4.68. The molecule has 0 radical (unpaired) electrons. The molecule has 2 heterocycles. The van der Waals surface area contributed by atoms with E-state index in [0.29, 0.717) is 19.4 Å². The van der Waals surface area contributed by atoms with E-state index in [2.05, 4.69) is 0 Å². The molecule has 2 saturated heterocycles. The molecule has 0 saturated carbocycles. The molecule has 14 heavy (non-hydrogen) atoms. The summed E-state index contributed by atoms with van der Waals surface area (Å²) in [4.78, 5) is 13.1. The second-order valence-electron chi connectivity index (χ2n) is 3.98. The van der Waals surface area contributed by atoms with E-state index < -0.39 is 15.9 Å². The number of sulfone groups is 1. The molecule has 2 aliphatic heterocycles. The predicted octanol–water partition coefficient (Wildman–Crippen LogP) is -1.27. The summed E-state index contributed by atoms with van der Waals surface area (Å²) in [5.41, 5.74) is 5.56. The summed E-state index contributed by atoms with van der Waals surface area (Å²) in [5, 5.41) is 0. The molecular weight excluding hydrogens is 204 g/mol. The molecule has 80 valence electrons. The predicted molar refractivity (Wildman–Crippen MR) is 51.4 cm³/mol. The number of carbonyl (C=O) groups is 1. The molecule has 2 unspecified atom stereocenters. The van der Waals surface area contributed by atoms with Gasteiger partial charge in [-0.1, -0.05) is 0 Å². The van der Waals surface area contributed by atoms with Gasteiger partial charge in [0.2, 0.25) is 5.91 Å². The molecule has 1 amide bonds. The Labute approximate surface area is 83.2 Å². The Morgan fingerprint density at radius 1 is 1.36 bits per heavy atom. The molecule has 0 bridgehead atoms. The summed E-state index contributed by atoms with van der Waals surface area (Å²) >= 11 is 0. The van der Waals surface area contributed by atoms with Crippen LogP contribution in [0.1, 0.15) is 12.8 Å². The van der Waals surface area contributed by atoms with E-state index in [9.17, 15) is 13.2 Å². The van der Waals surface area contributed by atoms with E-state index in [1.54, 1.807) is 4.90 Å². The van der Waals surface area contributed by atoms with Crippen LogP contribution in [0.2, 0.25) is 0 Å². The summed E-state index contributed by atoms with van der Waals surface area (Å²) < 4.78 is 22.4. The fraction of sp³-hybridized carbons (Fsp3) is 0.875. The highest BCUT2D eigenvalue weighted by Crippen LogP contribution is 2.22. The van der Waals surface area contributed by atoms with Gasteiger partial charge >= 0.3 is 0 Å². The van der Waals surface area contributed by atoms with Gasteiger partial charge in [0.05, 0.1) is 17.5 Å². The number of carbonyl (C=O) groups excluding carboxylic acids is 1. The van der Waals surface area contributed by atoms with E-state index in [1.165, 1.54) is 0 Å². The maximum Gasteiger partial charge on any atom is 0.239 e. The molecule has 0 aromatic carbocycles. The van der Waals surface area contributed by atoms with E-state index in [0.717, 1.165) is 0 Å². The minimum absolute atomic E-state index is 0.0906. The number of likely N-dealkylation sites (tertiary alicyclic amines) is 1. The standard InChI is InChI=1S/C8H14N2O3S/c9-7-1-3-10(8(7)11)6-2-4-14(12,13)5-6/h6-7H,1-5,9H2. The van der Waals surface area contributed by atoms with Gasteiger partial charge in [-0.3, -0.25) is 4.79 Å². The second-order valence-corrected chi connectivity index (χ2v) is 6.21. The van der Waals surface area contributed by atoms with Gasteiger partial charge in [-0.05, 0) is 12.8 Å². The van der Waals surface area contributed by atoms with E-state index in [-0.39, 0.29) is 23.5 Å². The molecule has 0 aromatic heterocycles. The average Bonchev–Trinajstić information content (AvgIpc) is 2.59. The quantitative estimate of drug-likeness (QED) is 0.595. The summed E-state index contributed by atoms with van der Waals surface area (Å²) in [6, 6.07) is -0.542.